The van der Waals surface area contributed by atoms with E-state index >= 15 is 0 Å². The number of amides is 2. The molecule has 0 radical (unpaired) electrons. The molecule has 0 fully saturated rings. The molecule has 138 valence electrons. The second-order valence-corrected chi connectivity index (χ2v) is 6.66. The Morgan fingerprint density at radius 1 is 1.04 bits per heavy atom. The van der Waals surface area contributed by atoms with Crippen molar-refractivity contribution in [2.24, 2.45) is 0 Å². The largest absolute Gasteiger partial charge is 0.494 e. The number of hydrogen-bond acceptors (Lipinski definition) is 3. The molecule has 0 aromatic heterocycles. The van der Waals surface area contributed by atoms with Crippen molar-refractivity contribution in [1.82, 2.24) is 5.32 Å². The first-order chi connectivity index (χ1) is 12.6. The quantitative estimate of drug-likeness (QED) is 0.606. The van der Waals surface area contributed by atoms with Crippen LogP contribution < -0.4 is 15.4 Å². The van der Waals surface area contributed by atoms with Crippen LogP contribution in [0.4, 0.5) is 5.69 Å². The number of hydrogen-bond donors (Lipinski definition) is 2. The number of ether oxygens (including phenoxy) is 1. The molecule has 0 aliphatic rings. The number of halogens is 1. The molecule has 5 nitrogen and oxygen atoms in total. The molecule has 2 aromatic carbocycles. The van der Waals surface area contributed by atoms with Gasteiger partial charge in [0.05, 0.1) is 13.2 Å². The summed E-state index contributed by atoms with van der Waals surface area (Å²) in [5, 5.41) is 5.46. The van der Waals surface area contributed by atoms with Gasteiger partial charge in [-0.15, -0.1) is 0 Å². The number of para-hydroxylation sites is 1. The van der Waals surface area contributed by atoms with Gasteiger partial charge in [0.1, 0.15) is 5.75 Å². The highest BCUT2D eigenvalue weighted by Gasteiger charge is 2.08. The van der Waals surface area contributed by atoms with Gasteiger partial charge in [0.2, 0.25) is 11.8 Å². The lowest BCUT2D eigenvalue weighted by atomic mass is 10.1. The molecule has 0 saturated heterocycles. The van der Waals surface area contributed by atoms with Gasteiger partial charge in [-0.1, -0.05) is 41.1 Å². The zero-order valence-electron chi connectivity index (χ0n) is 14.8. The average molecular weight is 419 g/mol. The molecule has 0 unspecified atom stereocenters. The summed E-state index contributed by atoms with van der Waals surface area (Å²) in [5.41, 5.74) is 1.86. The molecule has 2 rings (SSSR count). The molecule has 2 amide bonds. The number of aryl methyl sites for hydroxylation is 1. The minimum atomic E-state index is -0.231. The fraction of sp³-hybridized carbons (Fsp3) is 0.300. The van der Waals surface area contributed by atoms with Gasteiger partial charge >= 0.3 is 0 Å². The van der Waals surface area contributed by atoms with Crippen LogP contribution in [0.1, 0.15) is 25.3 Å². The topological polar surface area (TPSA) is 67.4 Å². The van der Waals surface area contributed by atoms with Crippen LogP contribution in [0, 0.1) is 0 Å². The summed E-state index contributed by atoms with van der Waals surface area (Å²) < 4.78 is 6.55. The lowest BCUT2D eigenvalue weighted by molar-refractivity contribution is -0.124. The van der Waals surface area contributed by atoms with Crippen LogP contribution in [-0.4, -0.2) is 25.0 Å². The van der Waals surface area contributed by atoms with Crippen LogP contribution in [0.15, 0.2) is 53.0 Å². The number of anilines is 1. The molecule has 0 aliphatic heterocycles. The van der Waals surface area contributed by atoms with E-state index < -0.39 is 0 Å². The van der Waals surface area contributed by atoms with Gasteiger partial charge in [-0.25, -0.2) is 0 Å². The Morgan fingerprint density at radius 3 is 2.50 bits per heavy atom. The third-order valence-electron chi connectivity index (χ3n) is 3.75. The van der Waals surface area contributed by atoms with E-state index in [2.05, 4.69) is 26.6 Å². The van der Waals surface area contributed by atoms with E-state index in [9.17, 15) is 9.59 Å². The summed E-state index contributed by atoms with van der Waals surface area (Å²) in [6, 6.07) is 15.2. The number of carbonyl (C=O) groups excluding carboxylic acids is 2. The summed E-state index contributed by atoms with van der Waals surface area (Å²) in [4.78, 5) is 23.8. The first-order valence-electron chi connectivity index (χ1n) is 8.61. The third kappa shape index (κ3) is 6.88. The predicted molar refractivity (Wildman–Crippen MR) is 106 cm³/mol. The number of carbonyl (C=O) groups is 2. The van der Waals surface area contributed by atoms with Gasteiger partial charge in [-0.05, 0) is 48.7 Å². The molecule has 0 atom stereocenters. The second-order valence-electron chi connectivity index (χ2n) is 5.74. The van der Waals surface area contributed by atoms with E-state index in [0.717, 1.165) is 27.9 Å². The molecule has 0 saturated carbocycles. The minimum absolute atomic E-state index is 0.0373. The maximum absolute atomic E-state index is 12.0. The Kier molecular flexibility index (Phi) is 8.15. The van der Waals surface area contributed by atoms with Crippen molar-refractivity contribution in [1.29, 1.82) is 0 Å². The lowest BCUT2D eigenvalue weighted by Crippen LogP contribution is -2.33. The Balaban J connectivity index is 1.63. The van der Waals surface area contributed by atoms with Crippen LogP contribution in [0.5, 0.6) is 5.75 Å². The molecule has 2 aromatic rings. The Bertz CT molecular complexity index is 732. The van der Waals surface area contributed by atoms with Crippen molar-refractivity contribution in [3.8, 4) is 5.75 Å². The molecular formula is C20H23BrN2O3. The average Bonchev–Trinajstić information content (AvgIpc) is 2.65. The molecule has 0 aliphatic carbocycles. The normalized spacial score (nSPS) is 10.2. The Hall–Kier alpha value is -2.34. The van der Waals surface area contributed by atoms with Gasteiger partial charge in [0, 0.05) is 16.6 Å². The second kappa shape index (κ2) is 10.6. The first kappa shape index (κ1) is 20.0. The summed E-state index contributed by atoms with van der Waals surface area (Å²) in [5.74, 6) is 0.372. The maximum Gasteiger partial charge on any atom is 0.243 e. The number of rotatable bonds is 9. The highest BCUT2D eigenvalue weighted by atomic mass is 79.9. The minimum Gasteiger partial charge on any atom is -0.494 e. The van der Waals surface area contributed by atoms with Crippen molar-refractivity contribution in [2.45, 2.75) is 26.2 Å². The Labute approximate surface area is 162 Å². The predicted octanol–water partition coefficient (Wildman–Crippen LogP) is 3.93. The Morgan fingerprint density at radius 2 is 1.77 bits per heavy atom. The standard InChI is InChI=1S/C20H23BrN2O3/c1-2-15-6-3-4-7-18(15)23-20(25)14-22-19(24)8-5-13-26-17-11-9-16(21)10-12-17/h3-4,6-7,9-12H,2,5,8,13-14H2,1H3,(H,22,24)(H,23,25). The van der Waals surface area contributed by atoms with E-state index in [1.165, 1.54) is 0 Å². The van der Waals surface area contributed by atoms with Gasteiger partial charge < -0.3 is 15.4 Å². The van der Waals surface area contributed by atoms with Gasteiger partial charge in [-0.3, -0.25) is 9.59 Å². The van der Waals surface area contributed by atoms with E-state index in [4.69, 9.17) is 4.74 Å². The van der Waals surface area contributed by atoms with Gasteiger partial charge in [0.15, 0.2) is 0 Å². The lowest BCUT2D eigenvalue weighted by Gasteiger charge is -2.10. The smallest absolute Gasteiger partial charge is 0.243 e. The van der Waals surface area contributed by atoms with Crippen LogP contribution in [0.25, 0.3) is 0 Å². The van der Waals surface area contributed by atoms with Gasteiger partial charge in [0.25, 0.3) is 0 Å². The van der Waals surface area contributed by atoms with Crippen molar-refractivity contribution < 1.29 is 14.3 Å². The van der Waals surface area contributed by atoms with E-state index in [1.807, 2.05) is 55.5 Å². The van der Waals surface area contributed by atoms with Crippen molar-refractivity contribution >= 4 is 33.4 Å². The van der Waals surface area contributed by atoms with E-state index in [-0.39, 0.29) is 18.4 Å². The molecule has 0 bridgehead atoms. The van der Waals surface area contributed by atoms with Crippen molar-refractivity contribution in [3.05, 3.63) is 58.6 Å². The molecule has 6 heteroatoms. The molecule has 26 heavy (non-hydrogen) atoms. The molecule has 2 N–H and O–H groups in total. The van der Waals surface area contributed by atoms with Crippen molar-refractivity contribution in [3.63, 3.8) is 0 Å². The highest BCUT2D eigenvalue weighted by Crippen LogP contribution is 2.16. The van der Waals surface area contributed by atoms with E-state index in [0.29, 0.717) is 19.4 Å². The molecule has 0 spiro atoms. The van der Waals surface area contributed by atoms with Crippen molar-refractivity contribution in [2.75, 3.05) is 18.5 Å². The fourth-order valence-corrected chi connectivity index (χ4v) is 2.63. The zero-order chi connectivity index (χ0) is 18.8. The van der Waals surface area contributed by atoms with E-state index in [1.54, 1.807) is 0 Å². The first-order valence-corrected chi connectivity index (χ1v) is 9.40. The SMILES string of the molecule is CCc1ccccc1NC(=O)CNC(=O)CCCOc1ccc(Br)cc1. The van der Waals surface area contributed by atoms with Crippen LogP contribution in [-0.2, 0) is 16.0 Å². The third-order valence-corrected chi connectivity index (χ3v) is 4.28. The van der Waals surface area contributed by atoms with Crippen LogP contribution in [0.2, 0.25) is 0 Å². The number of nitrogens with one attached hydrogen (secondary N) is 2. The summed E-state index contributed by atoms with van der Waals surface area (Å²) in [6.45, 7) is 2.44. The maximum atomic E-state index is 12.0. The van der Waals surface area contributed by atoms with Crippen LogP contribution in [0.3, 0.4) is 0 Å². The van der Waals surface area contributed by atoms with Gasteiger partial charge in [-0.2, -0.15) is 0 Å². The zero-order valence-corrected chi connectivity index (χ0v) is 16.3. The summed E-state index contributed by atoms with van der Waals surface area (Å²) >= 11 is 3.36. The summed E-state index contributed by atoms with van der Waals surface area (Å²) in [6.07, 6.45) is 1.73. The molecular weight excluding hydrogens is 396 g/mol. The monoisotopic (exact) mass is 418 g/mol. The number of benzene rings is 2. The highest BCUT2D eigenvalue weighted by molar-refractivity contribution is 9.10. The fourth-order valence-electron chi connectivity index (χ4n) is 2.37. The summed E-state index contributed by atoms with van der Waals surface area (Å²) in [7, 11) is 0. The van der Waals surface area contributed by atoms with Crippen LogP contribution >= 0.6 is 15.9 Å². The molecule has 0 heterocycles.